The summed E-state index contributed by atoms with van der Waals surface area (Å²) < 4.78 is 5.97. The van der Waals surface area contributed by atoms with E-state index in [4.69, 9.17) is 4.74 Å². The van der Waals surface area contributed by atoms with Crippen LogP contribution in [0.15, 0.2) is 36.7 Å². The summed E-state index contributed by atoms with van der Waals surface area (Å²) in [6.45, 7) is 5.07. The van der Waals surface area contributed by atoms with E-state index in [-0.39, 0.29) is 12.0 Å². The van der Waals surface area contributed by atoms with Crippen molar-refractivity contribution in [2.45, 2.75) is 32.8 Å². The molecule has 0 aliphatic carbocycles. The molecule has 1 aliphatic heterocycles. The molecule has 7 heteroatoms. The molecule has 1 aromatic carbocycles. The van der Waals surface area contributed by atoms with Gasteiger partial charge in [-0.05, 0) is 51.0 Å². The molecule has 3 aromatic rings. The van der Waals surface area contributed by atoms with E-state index in [2.05, 4.69) is 19.9 Å². The number of hydrogen-bond acceptors (Lipinski definition) is 6. The zero-order valence-electron chi connectivity index (χ0n) is 15.4. The second kappa shape index (κ2) is 7.26. The molecule has 138 valence electrons. The van der Waals surface area contributed by atoms with Gasteiger partial charge in [0.2, 0.25) is 0 Å². The standard InChI is InChI=1S/C20H21N5O2/c1-13-10-14(2)24-20(23-13)27-16-4-3-9-25(12-16)19(26)15-5-6-17-18(11-15)22-8-7-21-17/h5-8,10-11,16H,3-4,9,12H2,1-2H3/t16-/m0/s1. The van der Waals surface area contributed by atoms with Gasteiger partial charge in [-0.2, -0.15) is 0 Å². The quantitative estimate of drug-likeness (QED) is 0.712. The molecule has 1 saturated heterocycles. The normalized spacial score (nSPS) is 17.1. The Morgan fingerprint density at radius 3 is 2.59 bits per heavy atom. The summed E-state index contributed by atoms with van der Waals surface area (Å²) in [5.41, 5.74) is 3.86. The maximum atomic E-state index is 12.9. The number of rotatable bonds is 3. The SMILES string of the molecule is Cc1cc(C)nc(O[C@H]2CCCN(C(=O)c3ccc4nccnc4c3)C2)n1. The minimum Gasteiger partial charge on any atom is -0.458 e. The highest BCUT2D eigenvalue weighted by Crippen LogP contribution is 2.19. The number of carbonyl (C=O) groups excluding carboxylic acids is 1. The van der Waals surface area contributed by atoms with Crippen LogP contribution >= 0.6 is 0 Å². The molecule has 0 spiro atoms. The fourth-order valence-corrected chi connectivity index (χ4v) is 3.39. The lowest BCUT2D eigenvalue weighted by Gasteiger charge is -2.32. The van der Waals surface area contributed by atoms with Crippen molar-refractivity contribution in [3.8, 4) is 6.01 Å². The van der Waals surface area contributed by atoms with Crippen LogP contribution in [0, 0.1) is 13.8 Å². The summed E-state index contributed by atoms with van der Waals surface area (Å²) in [5.74, 6) is -0.0165. The smallest absolute Gasteiger partial charge is 0.317 e. The molecular formula is C20H21N5O2. The van der Waals surface area contributed by atoms with Gasteiger partial charge in [-0.1, -0.05) is 0 Å². The van der Waals surface area contributed by atoms with E-state index in [1.807, 2.05) is 30.9 Å². The second-order valence-electron chi connectivity index (χ2n) is 6.83. The summed E-state index contributed by atoms with van der Waals surface area (Å²) in [7, 11) is 0. The number of aromatic nitrogens is 4. The number of amides is 1. The molecule has 7 nitrogen and oxygen atoms in total. The van der Waals surface area contributed by atoms with E-state index in [9.17, 15) is 4.79 Å². The molecule has 0 N–H and O–H groups in total. The maximum Gasteiger partial charge on any atom is 0.317 e. The largest absolute Gasteiger partial charge is 0.458 e. The molecule has 1 atom stereocenters. The number of fused-ring (bicyclic) bond motifs is 1. The molecule has 0 radical (unpaired) electrons. The molecule has 1 aliphatic rings. The van der Waals surface area contributed by atoms with E-state index in [0.29, 0.717) is 24.7 Å². The number of likely N-dealkylation sites (tertiary alicyclic amines) is 1. The average Bonchev–Trinajstić information content (AvgIpc) is 2.66. The summed E-state index contributed by atoms with van der Waals surface area (Å²) in [5, 5.41) is 0. The summed E-state index contributed by atoms with van der Waals surface area (Å²) in [4.78, 5) is 32.0. The van der Waals surface area contributed by atoms with Crippen LogP contribution in [0.5, 0.6) is 6.01 Å². The topological polar surface area (TPSA) is 81.1 Å². The van der Waals surface area contributed by atoms with Crippen molar-refractivity contribution in [1.82, 2.24) is 24.8 Å². The van der Waals surface area contributed by atoms with E-state index < -0.39 is 0 Å². The highest BCUT2D eigenvalue weighted by molar-refractivity contribution is 5.97. The molecular weight excluding hydrogens is 342 g/mol. The third kappa shape index (κ3) is 3.86. The predicted molar refractivity (Wildman–Crippen MR) is 101 cm³/mol. The monoisotopic (exact) mass is 363 g/mol. The fraction of sp³-hybridized carbons (Fsp3) is 0.350. The van der Waals surface area contributed by atoms with Crippen molar-refractivity contribution in [3.63, 3.8) is 0 Å². The Morgan fingerprint density at radius 2 is 1.81 bits per heavy atom. The van der Waals surface area contributed by atoms with Crippen LogP contribution in [-0.4, -0.2) is 49.9 Å². The molecule has 27 heavy (non-hydrogen) atoms. The van der Waals surface area contributed by atoms with Crippen molar-refractivity contribution >= 4 is 16.9 Å². The Bertz CT molecular complexity index is 971. The number of carbonyl (C=O) groups is 1. The summed E-state index contributed by atoms with van der Waals surface area (Å²) in [6, 6.07) is 7.72. The van der Waals surface area contributed by atoms with Crippen LogP contribution < -0.4 is 4.74 Å². The first-order valence-corrected chi connectivity index (χ1v) is 9.07. The van der Waals surface area contributed by atoms with Gasteiger partial charge in [0.15, 0.2) is 0 Å². The zero-order valence-corrected chi connectivity index (χ0v) is 15.4. The van der Waals surface area contributed by atoms with Crippen molar-refractivity contribution in [2.24, 2.45) is 0 Å². The van der Waals surface area contributed by atoms with E-state index in [0.717, 1.165) is 35.3 Å². The van der Waals surface area contributed by atoms with Gasteiger partial charge in [0.1, 0.15) is 6.10 Å². The average molecular weight is 363 g/mol. The first-order valence-electron chi connectivity index (χ1n) is 9.07. The number of aryl methyl sites for hydroxylation is 2. The van der Waals surface area contributed by atoms with Gasteiger partial charge < -0.3 is 9.64 Å². The van der Waals surface area contributed by atoms with Crippen LogP contribution in [0.25, 0.3) is 11.0 Å². The van der Waals surface area contributed by atoms with Gasteiger partial charge >= 0.3 is 6.01 Å². The van der Waals surface area contributed by atoms with Gasteiger partial charge in [0.25, 0.3) is 5.91 Å². The second-order valence-corrected chi connectivity index (χ2v) is 6.83. The van der Waals surface area contributed by atoms with E-state index in [1.165, 1.54) is 0 Å². The number of benzene rings is 1. The highest BCUT2D eigenvalue weighted by atomic mass is 16.5. The van der Waals surface area contributed by atoms with Gasteiger partial charge in [-0.3, -0.25) is 14.8 Å². The molecule has 4 rings (SSSR count). The fourth-order valence-electron chi connectivity index (χ4n) is 3.39. The minimum atomic E-state index is -0.107. The minimum absolute atomic E-state index is 0.0165. The lowest BCUT2D eigenvalue weighted by atomic mass is 10.1. The molecule has 0 bridgehead atoms. The Morgan fingerprint density at radius 1 is 1.07 bits per heavy atom. The third-order valence-electron chi connectivity index (χ3n) is 4.62. The van der Waals surface area contributed by atoms with Gasteiger partial charge in [-0.25, -0.2) is 9.97 Å². The van der Waals surface area contributed by atoms with Crippen LogP contribution in [0.4, 0.5) is 0 Å². The van der Waals surface area contributed by atoms with Crippen LogP contribution in [0.3, 0.4) is 0 Å². The number of nitrogens with zero attached hydrogens (tertiary/aromatic N) is 5. The highest BCUT2D eigenvalue weighted by Gasteiger charge is 2.26. The van der Waals surface area contributed by atoms with E-state index >= 15 is 0 Å². The van der Waals surface area contributed by atoms with Crippen LogP contribution in [0.2, 0.25) is 0 Å². The molecule has 1 amide bonds. The van der Waals surface area contributed by atoms with Crippen molar-refractivity contribution in [3.05, 3.63) is 53.6 Å². The molecule has 2 aromatic heterocycles. The first-order chi connectivity index (χ1) is 13.1. The van der Waals surface area contributed by atoms with Crippen molar-refractivity contribution in [1.29, 1.82) is 0 Å². The van der Waals surface area contributed by atoms with Crippen LogP contribution in [-0.2, 0) is 0 Å². The summed E-state index contributed by atoms with van der Waals surface area (Å²) >= 11 is 0. The molecule has 3 heterocycles. The predicted octanol–water partition coefficient (Wildman–Crippen LogP) is 2.72. The lowest BCUT2D eigenvalue weighted by molar-refractivity contribution is 0.0515. The Kier molecular flexibility index (Phi) is 4.66. The molecule has 0 saturated carbocycles. The first kappa shape index (κ1) is 17.3. The lowest BCUT2D eigenvalue weighted by Crippen LogP contribution is -2.44. The molecule has 0 unspecified atom stereocenters. The van der Waals surface area contributed by atoms with Crippen LogP contribution in [0.1, 0.15) is 34.6 Å². The summed E-state index contributed by atoms with van der Waals surface area (Å²) in [6.07, 6.45) is 4.93. The number of ether oxygens (including phenoxy) is 1. The van der Waals surface area contributed by atoms with E-state index in [1.54, 1.807) is 24.5 Å². The van der Waals surface area contributed by atoms with Crippen molar-refractivity contribution in [2.75, 3.05) is 13.1 Å². The Labute approximate surface area is 157 Å². The zero-order chi connectivity index (χ0) is 18.8. The maximum absolute atomic E-state index is 12.9. The number of hydrogen-bond donors (Lipinski definition) is 0. The number of piperidine rings is 1. The third-order valence-corrected chi connectivity index (χ3v) is 4.62. The van der Waals surface area contributed by atoms with Gasteiger partial charge in [0.05, 0.1) is 17.6 Å². The molecule has 1 fully saturated rings. The van der Waals surface area contributed by atoms with Gasteiger partial charge in [0, 0.05) is 35.9 Å². The Hall–Kier alpha value is -3.09. The van der Waals surface area contributed by atoms with Gasteiger partial charge in [-0.15, -0.1) is 0 Å². The Balaban J connectivity index is 1.48. The van der Waals surface area contributed by atoms with Crippen molar-refractivity contribution < 1.29 is 9.53 Å².